The number of nitrogens with zero attached hydrogens (tertiary/aromatic N) is 1. The molecule has 0 spiro atoms. The van der Waals surface area contributed by atoms with E-state index in [0.29, 0.717) is 5.92 Å². The lowest BCUT2D eigenvalue weighted by Crippen LogP contribution is -2.57. The summed E-state index contributed by atoms with van der Waals surface area (Å²) in [5.41, 5.74) is -0.728. The van der Waals surface area contributed by atoms with Crippen LogP contribution in [0.2, 0.25) is 0 Å². The zero-order valence-corrected chi connectivity index (χ0v) is 20.7. The lowest BCUT2D eigenvalue weighted by atomic mass is 9.76. The van der Waals surface area contributed by atoms with Crippen LogP contribution in [-0.2, 0) is 23.9 Å². The second-order valence-corrected chi connectivity index (χ2v) is 10.6. The van der Waals surface area contributed by atoms with Crippen molar-refractivity contribution < 1.29 is 33.8 Å². The van der Waals surface area contributed by atoms with Crippen LogP contribution in [-0.4, -0.2) is 82.5 Å². The van der Waals surface area contributed by atoms with Crippen molar-refractivity contribution in [2.45, 2.75) is 83.6 Å². The summed E-state index contributed by atoms with van der Waals surface area (Å²) in [4.78, 5) is 49.4. The number of fused-ring (bicyclic) bond motifs is 1. The predicted molar refractivity (Wildman–Crippen MR) is 124 cm³/mol. The first-order valence-electron chi connectivity index (χ1n) is 11.4. The molecule has 0 radical (unpaired) electrons. The van der Waals surface area contributed by atoms with Crippen LogP contribution in [0.1, 0.15) is 59.8 Å². The third-order valence-corrected chi connectivity index (χ3v) is 6.60. The first kappa shape index (κ1) is 27.2. The molecule has 0 aromatic rings. The summed E-state index contributed by atoms with van der Waals surface area (Å²) in [5.74, 6) is -0.907. The Bertz CT molecular complexity index is 711. The van der Waals surface area contributed by atoms with Gasteiger partial charge in [0.15, 0.2) is 0 Å². The number of aliphatic carboxylic acids is 1. The molecule has 2 aliphatic rings. The number of piperidine rings is 1. The molecule has 2 fully saturated rings. The summed E-state index contributed by atoms with van der Waals surface area (Å²) in [7, 11) is 0. The van der Waals surface area contributed by atoms with Gasteiger partial charge in [0.2, 0.25) is 5.91 Å². The normalized spacial score (nSPS) is 24.2. The second-order valence-electron chi connectivity index (χ2n) is 9.59. The Hall–Kier alpha value is -2.01. The molecule has 11 heteroatoms. The number of carbonyl (C=O) groups excluding carboxylic acids is 3. The number of amides is 2. The number of hydrogen-bond donors (Lipinski definition) is 3. The summed E-state index contributed by atoms with van der Waals surface area (Å²) in [6, 6.07) is -1.07. The summed E-state index contributed by atoms with van der Waals surface area (Å²) in [6.07, 6.45) is 4.03. The molecule has 2 amide bonds. The average Bonchev–Trinajstić information content (AvgIpc) is 2.68. The maximum Gasteiger partial charge on any atom is 0.408 e. The number of ether oxygens (including phenoxy) is 2. The number of nitrogens with one attached hydrogen (secondary N) is 2. The molecule has 1 saturated carbocycles. The zero-order valence-electron chi connectivity index (χ0n) is 19.9. The van der Waals surface area contributed by atoms with Gasteiger partial charge >= 0.3 is 18.0 Å². The Kier molecular flexibility index (Phi) is 10.3. The minimum Gasteiger partial charge on any atom is -0.480 e. The van der Waals surface area contributed by atoms with Gasteiger partial charge in [-0.15, -0.1) is 11.8 Å². The molecular weight excluding hydrogens is 450 g/mol. The number of carboxylic acid groups (broad SMARTS) is 1. The van der Waals surface area contributed by atoms with E-state index in [4.69, 9.17) is 9.47 Å². The number of rotatable bonds is 9. The van der Waals surface area contributed by atoms with Crippen molar-refractivity contribution in [3.8, 4) is 0 Å². The van der Waals surface area contributed by atoms with Gasteiger partial charge in [-0.1, -0.05) is 0 Å². The SMILES string of the molecule is CC(=O)O[C@H]1CCC[C@H]2CCCN(CC(=O)NCSC[C@H](NC(=O)OC(C)(C)C)C(=O)O)[C@H]21. The fourth-order valence-electron chi connectivity index (χ4n) is 4.48. The highest BCUT2D eigenvalue weighted by molar-refractivity contribution is 7.99. The molecule has 2 rings (SSSR count). The highest BCUT2D eigenvalue weighted by Crippen LogP contribution is 2.36. The maximum absolute atomic E-state index is 12.5. The van der Waals surface area contributed by atoms with Crippen molar-refractivity contribution in [2.24, 2.45) is 5.92 Å². The quantitative estimate of drug-likeness (QED) is 0.253. The van der Waals surface area contributed by atoms with E-state index in [1.807, 2.05) is 0 Å². The summed E-state index contributed by atoms with van der Waals surface area (Å²) in [5, 5.41) is 14.5. The lowest BCUT2D eigenvalue weighted by molar-refractivity contribution is -0.156. The van der Waals surface area contributed by atoms with Crippen molar-refractivity contribution in [2.75, 3.05) is 24.7 Å². The largest absolute Gasteiger partial charge is 0.480 e. The first-order chi connectivity index (χ1) is 15.5. The maximum atomic E-state index is 12.5. The van der Waals surface area contributed by atoms with Gasteiger partial charge in [0, 0.05) is 12.7 Å². The summed E-state index contributed by atoms with van der Waals surface area (Å²) in [6.45, 7) is 7.48. The molecule has 0 unspecified atom stereocenters. The molecule has 4 atom stereocenters. The number of thioether (sulfide) groups is 1. The third-order valence-electron chi connectivity index (χ3n) is 5.68. The molecule has 1 aliphatic carbocycles. The Morgan fingerprint density at radius 2 is 1.85 bits per heavy atom. The Morgan fingerprint density at radius 1 is 1.15 bits per heavy atom. The number of hydrogen-bond acceptors (Lipinski definition) is 8. The molecule has 1 saturated heterocycles. The van der Waals surface area contributed by atoms with Crippen molar-refractivity contribution in [1.29, 1.82) is 0 Å². The first-order valence-corrected chi connectivity index (χ1v) is 12.6. The Morgan fingerprint density at radius 3 is 2.48 bits per heavy atom. The van der Waals surface area contributed by atoms with Gasteiger partial charge in [0.25, 0.3) is 0 Å². The van der Waals surface area contributed by atoms with Gasteiger partial charge in [-0.25, -0.2) is 9.59 Å². The number of carboxylic acids is 1. The number of carbonyl (C=O) groups is 4. The predicted octanol–water partition coefficient (Wildman–Crippen LogP) is 1.97. The van der Waals surface area contributed by atoms with Crippen LogP contribution in [0, 0.1) is 5.92 Å². The van der Waals surface area contributed by atoms with Gasteiger partial charge in [0.1, 0.15) is 17.7 Å². The third kappa shape index (κ3) is 9.40. The molecule has 10 nitrogen and oxygen atoms in total. The Labute approximate surface area is 199 Å². The highest BCUT2D eigenvalue weighted by Gasteiger charge is 2.41. The summed E-state index contributed by atoms with van der Waals surface area (Å²) >= 11 is 1.20. The van der Waals surface area contributed by atoms with Gasteiger partial charge < -0.3 is 25.2 Å². The number of esters is 1. The van der Waals surface area contributed by atoms with Crippen LogP contribution < -0.4 is 10.6 Å². The van der Waals surface area contributed by atoms with E-state index in [1.54, 1.807) is 20.8 Å². The number of likely N-dealkylation sites (tertiary alicyclic amines) is 1. The van der Waals surface area contributed by atoms with E-state index in [0.717, 1.165) is 38.6 Å². The highest BCUT2D eigenvalue weighted by atomic mass is 32.2. The molecule has 1 heterocycles. The fourth-order valence-corrected chi connectivity index (χ4v) is 5.32. The Balaban J connectivity index is 1.79. The molecule has 0 aromatic carbocycles. The molecule has 33 heavy (non-hydrogen) atoms. The molecule has 0 aromatic heterocycles. The van der Waals surface area contributed by atoms with E-state index < -0.39 is 23.7 Å². The van der Waals surface area contributed by atoms with Crippen LogP contribution in [0.4, 0.5) is 4.79 Å². The van der Waals surface area contributed by atoms with Gasteiger partial charge in [-0.3, -0.25) is 14.5 Å². The van der Waals surface area contributed by atoms with Gasteiger partial charge in [0.05, 0.1) is 18.5 Å². The van der Waals surface area contributed by atoms with Crippen LogP contribution >= 0.6 is 11.8 Å². The van der Waals surface area contributed by atoms with Crippen molar-refractivity contribution in [3.05, 3.63) is 0 Å². The van der Waals surface area contributed by atoms with Crippen molar-refractivity contribution in [1.82, 2.24) is 15.5 Å². The smallest absolute Gasteiger partial charge is 0.408 e. The standard InChI is InChI=1S/C22H37N3O7S/c1-14(26)31-17-9-5-7-15-8-6-10-25(19(15)17)11-18(27)23-13-33-12-16(20(28)29)24-21(30)32-22(2,3)4/h15-17,19H,5-13H2,1-4H3,(H,23,27)(H,24,30)(H,28,29)/t15-,16-,17-,19+/m0/s1. The number of alkyl carbamates (subject to hydrolysis) is 1. The van der Waals surface area contributed by atoms with E-state index in [2.05, 4.69) is 15.5 Å². The van der Waals surface area contributed by atoms with E-state index in [9.17, 15) is 24.3 Å². The summed E-state index contributed by atoms with van der Waals surface area (Å²) < 4.78 is 10.7. The zero-order chi connectivity index (χ0) is 24.6. The average molecular weight is 488 g/mol. The molecule has 0 bridgehead atoms. The molecule has 1 aliphatic heterocycles. The van der Waals surface area contributed by atoms with Crippen LogP contribution in [0.25, 0.3) is 0 Å². The molecule has 188 valence electrons. The van der Waals surface area contributed by atoms with E-state index in [1.165, 1.54) is 18.7 Å². The van der Waals surface area contributed by atoms with E-state index in [-0.39, 0.29) is 42.2 Å². The molecular formula is C22H37N3O7S. The van der Waals surface area contributed by atoms with Crippen LogP contribution in [0.15, 0.2) is 0 Å². The minimum absolute atomic E-state index is 0.0595. The fraction of sp³-hybridized carbons (Fsp3) is 0.818. The van der Waals surface area contributed by atoms with Crippen molar-refractivity contribution >= 4 is 35.7 Å². The van der Waals surface area contributed by atoms with E-state index >= 15 is 0 Å². The van der Waals surface area contributed by atoms with Crippen LogP contribution in [0.5, 0.6) is 0 Å². The minimum atomic E-state index is -1.17. The lowest BCUT2D eigenvalue weighted by Gasteiger charge is -2.47. The molecule has 3 N–H and O–H groups in total. The van der Waals surface area contributed by atoms with Crippen molar-refractivity contribution in [3.63, 3.8) is 0 Å². The van der Waals surface area contributed by atoms with Gasteiger partial charge in [-0.05, 0) is 65.3 Å². The monoisotopic (exact) mass is 487 g/mol. The topological polar surface area (TPSA) is 134 Å². The van der Waals surface area contributed by atoms with Crippen LogP contribution in [0.3, 0.4) is 0 Å². The second kappa shape index (κ2) is 12.5. The van der Waals surface area contributed by atoms with Gasteiger partial charge in [-0.2, -0.15) is 0 Å².